The predicted octanol–water partition coefficient (Wildman–Crippen LogP) is 4.59. The van der Waals surface area contributed by atoms with E-state index in [9.17, 15) is 45.3 Å². The van der Waals surface area contributed by atoms with Crippen LogP contribution in [0.15, 0.2) is 36.5 Å². The van der Waals surface area contributed by atoms with Crippen LogP contribution in [-0.4, -0.2) is 142 Å². The Morgan fingerprint density at radius 2 is 1.00 bits per heavy atom. The van der Waals surface area contributed by atoms with Gasteiger partial charge in [0.25, 0.3) is 0 Å². The molecule has 2 aliphatic rings. The molecule has 0 aromatic rings. The van der Waals surface area contributed by atoms with Gasteiger partial charge in [-0.1, -0.05) is 115 Å². The molecular formula is C45H78O15. The molecule has 0 aliphatic carbocycles. The van der Waals surface area contributed by atoms with Crippen molar-refractivity contribution < 1.29 is 73.8 Å². The van der Waals surface area contributed by atoms with Crippen LogP contribution in [0.2, 0.25) is 0 Å². The molecule has 15 heteroatoms. The van der Waals surface area contributed by atoms with E-state index < -0.39 is 99.3 Å². The lowest BCUT2D eigenvalue weighted by atomic mass is 9.98. The number of unbranched alkanes of at least 4 members (excludes halogenated alkanes) is 13. The molecule has 0 bridgehead atoms. The third-order valence-electron chi connectivity index (χ3n) is 10.6. The second-order valence-electron chi connectivity index (χ2n) is 15.9. The first kappa shape index (κ1) is 53.9. The van der Waals surface area contributed by atoms with Crippen LogP contribution in [-0.2, 0) is 38.0 Å². The number of rotatable bonds is 33. The first-order valence-corrected chi connectivity index (χ1v) is 22.6. The molecule has 60 heavy (non-hydrogen) atoms. The Morgan fingerprint density at radius 1 is 0.533 bits per heavy atom. The lowest BCUT2D eigenvalue weighted by molar-refractivity contribution is -0.332. The zero-order valence-electron chi connectivity index (χ0n) is 36.2. The van der Waals surface area contributed by atoms with Gasteiger partial charge in [-0.25, -0.2) is 0 Å². The summed E-state index contributed by atoms with van der Waals surface area (Å²) in [6.45, 7) is 2.46. The van der Waals surface area contributed by atoms with Gasteiger partial charge in [-0.15, -0.1) is 0 Å². The summed E-state index contributed by atoms with van der Waals surface area (Å²) in [5, 5.41) is 71.7. The summed E-state index contributed by atoms with van der Waals surface area (Å²) >= 11 is 0. The number of aliphatic hydroxyl groups excluding tert-OH is 7. The number of hydrogen-bond donors (Lipinski definition) is 7. The largest absolute Gasteiger partial charge is 0.462 e. The van der Waals surface area contributed by atoms with Crippen molar-refractivity contribution in [3.63, 3.8) is 0 Å². The van der Waals surface area contributed by atoms with Crippen LogP contribution in [0.5, 0.6) is 0 Å². The van der Waals surface area contributed by atoms with E-state index in [0.717, 1.165) is 51.4 Å². The van der Waals surface area contributed by atoms with Gasteiger partial charge in [0.05, 0.1) is 19.8 Å². The monoisotopic (exact) mass is 859 g/mol. The van der Waals surface area contributed by atoms with Crippen LogP contribution in [0.4, 0.5) is 0 Å². The van der Waals surface area contributed by atoms with Gasteiger partial charge in [0.15, 0.2) is 18.7 Å². The molecule has 348 valence electrons. The quantitative estimate of drug-likeness (QED) is 0.0272. The molecule has 0 saturated carbocycles. The van der Waals surface area contributed by atoms with E-state index in [1.54, 1.807) is 0 Å². The number of allylic oxidation sites excluding steroid dienone is 6. The number of carbonyl (C=O) groups excluding carboxylic acids is 2. The van der Waals surface area contributed by atoms with Crippen molar-refractivity contribution in [2.75, 3.05) is 26.4 Å². The molecule has 0 aromatic carbocycles. The molecule has 2 aliphatic heterocycles. The predicted molar refractivity (Wildman–Crippen MR) is 224 cm³/mol. The Morgan fingerprint density at radius 3 is 1.60 bits per heavy atom. The van der Waals surface area contributed by atoms with Crippen molar-refractivity contribution in [1.29, 1.82) is 0 Å². The highest BCUT2D eigenvalue weighted by Gasteiger charge is 2.47. The summed E-state index contributed by atoms with van der Waals surface area (Å²) < 4.78 is 33.3. The van der Waals surface area contributed by atoms with Crippen LogP contribution in [0.25, 0.3) is 0 Å². The Kier molecular flexibility index (Phi) is 29.9. The van der Waals surface area contributed by atoms with Gasteiger partial charge >= 0.3 is 11.9 Å². The third kappa shape index (κ3) is 22.2. The first-order valence-electron chi connectivity index (χ1n) is 22.6. The Hall–Kier alpha value is -2.28. The maximum atomic E-state index is 12.9. The van der Waals surface area contributed by atoms with E-state index in [-0.39, 0.29) is 19.4 Å². The average molecular weight is 859 g/mol. The fraction of sp³-hybridized carbons (Fsp3) is 0.822. The zero-order valence-corrected chi connectivity index (χ0v) is 36.2. The second-order valence-corrected chi connectivity index (χ2v) is 15.9. The summed E-state index contributed by atoms with van der Waals surface area (Å²) in [6, 6.07) is 0. The highest BCUT2D eigenvalue weighted by Crippen LogP contribution is 2.26. The summed E-state index contributed by atoms with van der Waals surface area (Å²) in [6.07, 6.45) is 14.9. The molecule has 0 spiro atoms. The van der Waals surface area contributed by atoms with Crippen LogP contribution in [0.3, 0.4) is 0 Å². The molecule has 2 saturated heterocycles. The molecule has 0 radical (unpaired) electrons. The molecule has 11 atom stereocenters. The Balaban J connectivity index is 1.87. The van der Waals surface area contributed by atoms with Crippen molar-refractivity contribution in [1.82, 2.24) is 0 Å². The Bertz CT molecular complexity index is 1200. The SMILES string of the molecule is CCCCC/C=C/C/C=C/C/C=C/CCCCC(=O)OC[C@H](CO[C@@H]1O[C@H](CO[C@@H]2O[C@H](CO)[C@H](O)C(O)C2O)[C@H](O)C(O)C1O)OC(=O)CCCCCCCCCCC. The van der Waals surface area contributed by atoms with Gasteiger partial charge in [-0.3, -0.25) is 9.59 Å². The maximum Gasteiger partial charge on any atom is 0.306 e. The van der Waals surface area contributed by atoms with Crippen molar-refractivity contribution >= 4 is 11.9 Å². The molecule has 0 amide bonds. The van der Waals surface area contributed by atoms with E-state index in [1.165, 1.54) is 51.4 Å². The molecule has 2 fully saturated rings. The van der Waals surface area contributed by atoms with E-state index in [4.69, 9.17) is 28.4 Å². The maximum absolute atomic E-state index is 12.9. The second kappa shape index (κ2) is 33.3. The lowest BCUT2D eigenvalue weighted by Crippen LogP contribution is -2.61. The number of esters is 2. The third-order valence-corrected chi connectivity index (χ3v) is 10.6. The minimum atomic E-state index is -1.77. The molecular weight excluding hydrogens is 780 g/mol. The van der Waals surface area contributed by atoms with Crippen LogP contribution in [0.1, 0.15) is 142 Å². The summed E-state index contributed by atoms with van der Waals surface area (Å²) in [4.78, 5) is 25.5. The minimum absolute atomic E-state index is 0.157. The molecule has 15 nitrogen and oxygen atoms in total. The van der Waals surface area contributed by atoms with Gasteiger partial charge < -0.3 is 64.2 Å². The van der Waals surface area contributed by atoms with Gasteiger partial charge in [-0.2, -0.15) is 0 Å². The number of carbonyl (C=O) groups is 2. The standard InChI is InChI=1S/C45H78O15/c1-3-5-7-9-11-13-14-15-16-17-18-20-21-23-25-27-36(47)55-30-33(58-37(48)28-26-24-22-19-12-10-8-6-4-2)31-56-44-43(54)41(52)39(50)35(60-44)32-57-45-42(53)40(51)38(49)34(29-46)59-45/h11,13,15-16,18,20,33-35,38-46,49-54H,3-10,12,14,17,19,21-32H2,1-2H3/b13-11+,16-15+,20-18+/t33-,34-,35-,38+,39+,40?,41?,42?,43?,44-,45-/m1/s1. The molecule has 4 unspecified atom stereocenters. The summed E-state index contributed by atoms with van der Waals surface area (Å²) in [5.74, 6) is -0.975. The topological polar surface area (TPSA) is 231 Å². The zero-order chi connectivity index (χ0) is 44.0. The van der Waals surface area contributed by atoms with Crippen LogP contribution < -0.4 is 0 Å². The summed E-state index contributed by atoms with van der Waals surface area (Å²) in [5.41, 5.74) is 0. The van der Waals surface area contributed by atoms with Crippen molar-refractivity contribution in [3.8, 4) is 0 Å². The van der Waals surface area contributed by atoms with Gasteiger partial charge in [0, 0.05) is 12.8 Å². The van der Waals surface area contributed by atoms with Gasteiger partial charge in [0.2, 0.25) is 0 Å². The average Bonchev–Trinajstić information content (AvgIpc) is 3.24. The van der Waals surface area contributed by atoms with Crippen molar-refractivity contribution in [2.45, 2.75) is 210 Å². The van der Waals surface area contributed by atoms with Crippen LogP contribution in [0, 0.1) is 0 Å². The lowest BCUT2D eigenvalue weighted by Gasteiger charge is -2.42. The minimum Gasteiger partial charge on any atom is -0.462 e. The smallest absolute Gasteiger partial charge is 0.306 e. The highest BCUT2D eigenvalue weighted by molar-refractivity contribution is 5.70. The van der Waals surface area contributed by atoms with E-state index in [0.29, 0.717) is 12.8 Å². The number of hydrogen-bond acceptors (Lipinski definition) is 15. The van der Waals surface area contributed by atoms with Crippen LogP contribution >= 0.6 is 0 Å². The van der Waals surface area contributed by atoms with E-state index in [1.807, 2.05) is 0 Å². The Labute approximate surface area is 357 Å². The molecule has 7 N–H and O–H groups in total. The van der Waals surface area contributed by atoms with E-state index >= 15 is 0 Å². The normalized spacial score (nSPS) is 27.9. The fourth-order valence-electron chi connectivity index (χ4n) is 6.81. The molecule has 0 aromatic heterocycles. The van der Waals surface area contributed by atoms with Gasteiger partial charge in [-0.05, 0) is 51.4 Å². The number of aliphatic hydroxyl groups is 7. The number of ether oxygens (including phenoxy) is 6. The van der Waals surface area contributed by atoms with Crippen molar-refractivity contribution in [3.05, 3.63) is 36.5 Å². The van der Waals surface area contributed by atoms with Gasteiger partial charge in [0.1, 0.15) is 55.4 Å². The molecule has 2 heterocycles. The fourth-order valence-corrected chi connectivity index (χ4v) is 6.81. The highest BCUT2D eigenvalue weighted by atomic mass is 16.7. The first-order chi connectivity index (χ1) is 29.0. The van der Waals surface area contributed by atoms with Crippen molar-refractivity contribution in [2.24, 2.45) is 0 Å². The molecule has 2 rings (SSSR count). The van der Waals surface area contributed by atoms with E-state index in [2.05, 4.69) is 50.3 Å². The summed E-state index contributed by atoms with van der Waals surface area (Å²) in [7, 11) is 0.